The highest BCUT2D eigenvalue weighted by molar-refractivity contribution is 7.89. The first-order valence-corrected chi connectivity index (χ1v) is 7.30. The maximum atomic E-state index is 13.7. The molecule has 8 heteroatoms. The van der Waals surface area contributed by atoms with Crippen LogP contribution in [-0.2, 0) is 23.1 Å². The minimum atomic E-state index is -3.76. The second kappa shape index (κ2) is 5.70. The van der Waals surface area contributed by atoms with E-state index in [1.165, 1.54) is 25.3 Å². The molecule has 1 aromatic heterocycles. The monoisotopic (exact) mass is 299 g/mol. The van der Waals surface area contributed by atoms with E-state index >= 15 is 0 Å². The summed E-state index contributed by atoms with van der Waals surface area (Å²) >= 11 is 0. The molecule has 1 heterocycles. The fourth-order valence-electron chi connectivity index (χ4n) is 1.69. The Bertz CT molecular complexity index is 699. The number of rotatable bonds is 5. The van der Waals surface area contributed by atoms with Gasteiger partial charge in [-0.15, -0.1) is 0 Å². The van der Waals surface area contributed by atoms with Gasteiger partial charge in [-0.1, -0.05) is 5.16 Å². The summed E-state index contributed by atoms with van der Waals surface area (Å²) in [6.45, 7) is 1.41. The third-order valence-corrected chi connectivity index (χ3v) is 4.15. The average Bonchev–Trinajstić information content (AvgIpc) is 2.92. The molecule has 0 saturated heterocycles. The lowest BCUT2D eigenvalue weighted by Crippen LogP contribution is -2.24. The van der Waals surface area contributed by atoms with Gasteiger partial charge in [0.1, 0.15) is 12.1 Å². The number of benzene rings is 1. The molecule has 0 aliphatic rings. The largest absolute Gasteiger partial charge is 0.364 e. The third kappa shape index (κ3) is 3.03. The van der Waals surface area contributed by atoms with Gasteiger partial charge in [0.2, 0.25) is 10.0 Å². The van der Waals surface area contributed by atoms with Crippen molar-refractivity contribution in [2.75, 3.05) is 0 Å². The molecule has 6 nitrogen and oxygen atoms in total. The van der Waals surface area contributed by atoms with Crippen LogP contribution in [-0.4, -0.2) is 13.6 Å². The number of aromatic nitrogens is 1. The average molecular weight is 299 g/mol. The maximum Gasteiger partial charge on any atom is 0.240 e. The molecule has 108 valence electrons. The molecule has 0 unspecified atom stereocenters. The minimum absolute atomic E-state index is 0.00673. The van der Waals surface area contributed by atoms with Crippen molar-refractivity contribution in [1.82, 2.24) is 9.88 Å². The Morgan fingerprint density at radius 1 is 1.45 bits per heavy atom. The topological polar surface area (TPSA) is 98.2 Å². The molecule has 2 rings (SSSR count). The smallest absolute Gasteiger partial charge is 0.240 e. The van der Waals surface area contributed by atoms with Crippen LogP contribution in [0.2, 0.25) is 0 Å². The van der Waals surface area contributed by atoms with E-state index < -0.39 is 15.8 Å². The molecule has 0 aliphatic heterocycles. The standard InChI is InChI=1S/C12H14FN3O3S/c1-8-4-11(5-9(6-14)12(8)13)20(17,18)15-7-10-2-3-19-16-10/h2-5,15H,6-7,14H2,1H3. The van der Waals surface area contributed by atoms with E-state index in [-0.39, 0.29) is 29.1 Å². The molecule has 20 heavy (non-hydrogen) atoms. The first-order chi connectivity index (χ1) is 9.44. The Balaban J connectivity index is 2.27. The van der Waals surface area contributed by atoms with E-state index in [4.69, 9.17) is 5.73 Å². The number of hydrogen-bond acceptors (Lipinski definition) is 5. The van der Waals surface area contributed by atoms with Crippen molar-refractivity contribution in [2.24, 2.45) is 5.73 Å². The van der Waals surface area contributed by atoms with Crippen LogP contribution in [0.3, 0.4) is 0 Å². The highest BCUT2D eigenvalue weighted by Crippen LogP contribution is 2.19. The molecule has 3 N–H and O–H groups in total. The maximum absolute atomic E-state index is 13.7. The number of hydrogen-bond donors (Lipinski definition) is 2. The second-order valence-corrected chi connectivity index (χ2v) is 6.00. The zero-order valence-electron chi connectivity index (χ0n) is 10.8. The number of aryl methyl sites for hydroxylation is 1. The molecule has 0 radical (unpaired) electrons. The SMILES string of the molecule is Cc1cc(S(=O)(=O)NCc2ccon2)cc(CN)c1F. The van der Waals surface area contributed by atoms with Crippen molar-refractivity contribution in [3.63, 3.8) is 0 Å². The van der Waals surface area contributed by atoms with Gasteiger partial charge in [0.25, 0.3) is 0 Å². The van der Waals surface area contributed by atoms with Gasteiger partial charge >= 0.3 is 0 Å². The van der Waals surface area contributed by atoms with Crippen LogP contribution in [0.5, 0.6) is 0 Å². The summed E-state index contributed by atoms with van der Waals surface area (Å²) in [6, 6.07) is 4.04. The van der Waals surface area contributed by atoms with Crippen molar-refractivity contribution < 1.29 is 17.3 Å². The lowest BCUT2D eigenvalue weighted by molar-refractivity contribution is 0.411. The fraction of sp³-hybridized carbons (Fsp3) is 0.250. The quantitative estimate of drug-likeness (QED) is 0.860. The van der Waals surface area contributed by atoms with Crippen molar-refractivity contribution >= 4 is 10.0 Å². The van der Waals surface area contributed by atoms with Crippen LogP contribution in [0.4, 0.5) is 4.39 Å². The Labute approximate surface area is 115 Å². The van der Waals surface area contributed by atoms with Crippen LogP contribution in [0.1, 0.15) is 16.8 Å². The van der Waals surface area contributed by atoms with Gasteiger partial charge in [-0.2, -0.15) is 0 Å². The normalized spacial score (nSPS) is 11.8. The summed E-state index contributed by atoms with van der Waals surface area (Å²) < 4.78 is 44.9. The first kappa shape index (κ1) is 14.6. The lowest BCUT2D eigenvalue weighted by atomic mass is 10.1. The molecule has 0 saturated carbocycles. The lowest BCUT2D eigenvalue weighted by Gasteiger charge is -2.09. The Kier molecular flexibility index (Phi) is 4.17. The van der Waals surface area contributed by atoms with Gasteiger partial charge in [0.05, 0.1) is 17.1 Å². The second-order valence-electron chi connectivity index (χ2n) is 4.23. The molecule has 0 aliphatic carbocycles. The molecular weight excluding hydrogens is 285 g/mol. The highest BCUT2D eigenvalue weighted by Gasteiger charge is 2.18. The molecule has 0 atom stereocenters. The number of nitrogens with one attached hydrogen (secondary N) is 1. The number of nitrogens with two attached hydrogens (primary N) is 1. The Morgan fingerprint density at radius 3 is 2.80 bits per heavy atom. The Hall–Kier alpha value is -1.77. The van der Waals surface area contributed by atoms with E-state index in [1.54, 1.807) is 6.07 Å². The van der Waals surface area contributed by atoms with Crippen LogP contribution in [0.25, 0.3) is 0 Å². The fourth-order valence-corrected chi connectivity index (χ4v) is 2.83. The van der Waals surface area contributed by atoms with Gasteiger partial charge in [0, 0.05) is 18.2 Å². The van der Waals surface area contributed by atoms with Gasteiger partial charge in [-0.05, 0) is 24.6 Å². The van der Waals surface area contributed by atoms with E-state index in [2.05, 4.69) is 14.4 Å². The molecular formula is C12H14FN3O3S. The zero-order chi connectivity index (χ0) is 14.8. The summed E-state index contributed by atoms with van der Waals surface area (Å²) in [5.41, 5.74) is 6.25. The van der Waals surface area contributed by atoms with Gasteiger partial charge in [-0.25, -0.2) is 17.5 Å². The van der Waals surface area contributed by atoms with E-state index in [0.717, 1.165) is 0 Å². The predicted octanol–water partition coefficient (Wildman–Crippen LogP) is 1.06. The van der Waals surface area contributed by atoms with E-state index in [1.807, 2.05) is 0 Å². The highest BCUT2D eigenvalue weighted by atomic mass is 32.2. The van der Waals surface area contributed by atoms with Crippen molar-refractivity contribution in [3.05, 3.63) is 47.1 Å². The predicted molar refractivity (Wildman–Crippen MR) is 69.6 cm³/mol. The van der Waals surface area contributed by atoms with E-state index in [0.29, 0.717) is 5.69 Å². The van der Waals surface area contributed by atoms with Crippen molar-refractivity contribution in [2.45, 2.75) is 24.9 Å². The molecule has 0 bridgehead atoms. The van der Waals surface area contributed by atoms with Gasteiger partial charge < -0.3 is 10.3 Å². The van der Waals surface area contributed by atoms with Gasteiger partial charge in [-0.3, -0.25) is 0 Å². The number of nitrogens with zero attached hydrogens (tertiary/aromatic N) is 1. The molecule has 0 fully saturated rings. The zero-order valence-corrected chi connectivity index (χ0v) is 11.6. The van der Waals surface area contributed by atoms with Crippen molar-refractivity contribution in [3.8, 4) is 0 Å². The number of sulfonamides is 1. The van der Waals surface area contributed by atoms with Crippen LogP contribution < -0.4 is 10.5 Å². The molecule has 0 amide bonds. The number of halogens is 1. The Morgan fingerprint density at radius 2 is 2.20 bits per heavy atom. The summed E-state index contributed by atoms with van der Waals surface area (Å²) in [4.78, 5) is -0.0275. The third-order valence-electron chi connectivity index (χ3n) is 2.77. The van der Waals surface area contributed by atoms with Gasteiger partial charge in [0.15, 0.2) is 0 Å². The first-order valence-electron chi connectivity index (χ1n) is 5.82. The van der Waals surface area contributed by atoms with Crippen molar-refractivity contribution in [1.29, 1.82) is 0 Å². The summed E-state index contributed by atoms with van der Waals surface area (Å²) in [5.74, 6) is -0.483. The van der Waals surface area contributed by atoms with Crippen LogP contribution in [0.15, 0.2) is 33.9 Å². The molecule has 0 spiro atoms. The minimum Gasteiger partial charge on any atom is -0.364 e. The van der Waals surface area contributed by atoms with Crippen LogP contribution >= 0.6 is 0 Å². The summed E-state index contributed by atoms with van der Waals surface area (Å²) in [5, 5.41) is 3.60. The van der Waals surface area contributed by atoms with Crippen LogP contribution in [0, 0.1) is 12.7 Å². The van der Waals surface area contributed by atoms with E-state index in [9.17, 15) is 12.8 Å². The summed E-state index contributed by atoms with van der Waals surface area (Å²) in [7, 11) is -3.76. The molecule has 2 aromatic rings. The molecule has 1 aromatic carbocycles. The summed E-state index contributed by atoms with van der Waals surface area (Å²) in [6.07, 6.45) is 1.35.